The standard InChI is InChI=1S/C19H19NO6S/c1-27(23,24)14-8-6-13(7-9-14)19(22)26-12-18(21)20-16-10-11-25-17-5-3-2-4-15(16)17/h2-9,16H,10-12H2,1H3,(H,20,21). The Morgan fingerprint density at radius 3 is 2.56 bits per heavy atom. The molecule has 2 aromatic carbocycles. The molecule has 8 heteroatoms. The summed E-state index contributed by atoms with van der Waals surface area (Å²) in [6, 6.07) is 12.6. The zero-order valence-electron chi connectivity index (χ0n) is 14.7. The van der Waals surface area contributed by atoms with Crippen molar-refractivity contribution in [2.24, 2.45) is 0 Å². The number of sulfone groups is 1. The first-order valence-electron chi connectivity index (χ1n) is 8.33. The molecule has 0 radical (unpaired) electrons. The van der Waals surface area contributed by atoms with Gasteiger partial charge >= 0.3 is 5.97 Å². The predicted molar refractivity (Wildman–Crippen MR) is 97.3 cm³/mol. The second-order valence-corrected chi connectivity index (χ2v) is 8.18. The predicted octanol–water partition coefficient (Wildman–Crippen LogP) is 1.89. The summed E-state index contributed by atoms with van der Waals surface area (Å²) in [5.74, 6) is -0.382. The minimum Gasteiger partial charge on any atom is -0.493 e. The first kappa shape index (κ1) is 18.9. The van der Waals surface area contributed by atoms with Gasteiger partial charge in [0.2, 0.25) is 0 Å². The molecule has 0 bridgehead atoms. The van der Waals surface area contributed by atoms with Gasteiger partial charge in [-0.3, -0.25) is 4.79 Å². The Kier molecular flexibility index (Phi) is 5.46. The summed E-state index contributed by atoms with van der Waals surface area (Å²) in [5.41, 5.74) is 1.06. The fourth-order valence-corrected chi connectivity index (χ4v) is 3.41. The van der Waals surface area contributed by atoms with Crippen LogP contribution in [0.2, 0.25) is 0 Å². The van der Waals surface area contributed by atoms with Crippen molar-refractivity contribution in [1.29, 1.82) is 0 Å². The molecule has 0 aromatic heterocycles. The number of rotatable bonds is 5. The number of ether oxygens (including phenoxy) is 2. The highest BCUT2D eigenvalue weighted by Crippen LogP contribution is 2.31. The molecule has 1 amide bonds. The maximum absolute atomic E-state index is 12.1. The van der Waals surface area contributed by atoms with E-state index in [0.717, 1.165) is 17.6 Å². The number of carbonyl (C=O) groups excluding carboxylic acids is 2. The van der Waals surface area contributed by atoms with Crippen LogP contribution in [0.5, 0.6) is 5.75 Å². The van der Waals surface area contributed by atoms with Gasteiger partial charge in [-0.1, -0.05) is 18.2 Å². The Morgan fingerprint density at radius 1 is 1.15 bits per heavy atom. The van der Waals surface area contributed by atoms with Gasteiger partial charge < -0.3 is 14.8 Å². The largest absolute Gasteiger partial charge is 0.493 e. The molecule has 142 valence electrons. The Bertz CT molecular complexity index is 952. The minimum absolute atomic E-state index is 0.106. The molecule has 2 aromatic rings. The van der Waals surface area contributed by atoms with E-state index in [-0.39, 0.29) is 16.5 Å². The van der Waals surface area contributed by atoms with Crippen LogP contribution in [0.15, 0.2) is 53.4 Å². The molecule has 3 rings (SSSR count). The number of amides is 1. The number of carbonyl (C=O) groups is 2. The van der Waals surface area contributed by atoms with E-state index in [2.05, 4.69) is 5.32 Å². The average molecular weight is 389 g/mol. The third-order valence-electron chi connectivity index (χ3n) is 4.15. The molecule has 0 spiro atoms. The van der Waals surface area contributed by atoms with Gasteiger partial charge in [0.1, 0.15) is 5.75 Å². The molecule has 0 fully saturated rings. The SMILES string of the molecule is CS(=O)(=O)c1ccc(C(=O)OCC(=O)NC2CCOc3ccccc32)cc1. The lowest BCUT2D eigenvalue weighted by atomic mass is 10.0. The lowest BCUT2D eigenvalue weighted by molar-refractivity contribution is -0.125. The van der Waals surface area contributed by atoms with Gasteiger partial charge in [0.25, 0.3) is 5.91 Å². The Hall–Kier alpha value is -2.87. The molecule has 27 heavy (non-hydrogen) atoms. The summed E-state index contributed by atoms with van der Waals surface area (Å²) in [6.07, 6.45) is 1.71. The van der Waals surface area contributed by atoms with E-state index >= 15 is 0 Å². The second-order valence-electron chi connectivity index (χ2n) is 6.17. The summed E-state index contributed by atoms with van der Waals surface area (Å²) in [4.78, 5) is 24.3. The highest BCUT2D eigenvalue weighted by molar-refractivity contribution is 7.90. The van der Waals surface area contributed by atoms with Crippen molar-refractivity contribution in [2.75, 3.05) is 19.5 Å². The highest BCUT2D eigenvalue weighted by atomic mass is 32.2. The number of nitrogens with one attached hydrogen (secondary N) is 1. The van der Waals surface area contributed by atoms with Crippen molar-refractivity contribution in [1.82, 2.24) is 5.32 Å². The zero-order valence-corrected chi connectivity index (χ0v) is 15.5. The van der Waals surface area contributed by atoms with Crippen LogP contribution in [0.4, 0.5) is 0 Å². The van der Waals surface area contributed by atoms with Gasteiger partial charge in [-0.2, -0.15) is 0 Å². The third kappa shape index (κ3) is 4.65. The van der Waals surface area contributed by atoms with Crippen LogP contribution >= 0.6 is 0 Å². The normalized spacial score (nSPS) is 16.0. The molecule has 1 unspecified atom stereocenters. The molecule has 0 aliphatic carbocycles. The molecule has 1 aliphatic rings. The Balaban J connectivity index is 1.56. The van der Waals surface area contributed by atoms with E-state index in [1.54, 1.807) is 0 Å². The van der Waals surface area contributed by atoms with Gasteiger partial charge in [0.15, 0.2) is 16.4 Å². The van der Waals surface area contributed by atoms with Crippen molar-refractivity contribution >= 4 is 21.7 Å². The van der Waals surface area contributed by atoms with Crippen molar-refractivity contribution in [3.05, 3.63) is 59.7 Å². The number of fused-ring (bicyclic) bond motifs is 1. The van der Waals surface area contributed by atoms with E-state index < -0.39 is 28.3 Å². The maximum Gasteiger partial charge on any atom is 0.338 e. The van der Waals surface area contributed by atoms with Crippen molar-refractivity contribution in [3.63, 3.8) is 0 Å². The average Bonchev–Trinajstić information content (AvgIpc) is 2.66. The summed E-state index contributed by atoms with van der Waals surface area (Å²) < 4.78 is 33.4. The molecule has 7 nitrogen and oxygen atoms in total. The van der Waals surface area contributed by atoms with E-state index in [1.807, 2.05) is 24.3 Å². The highest BCUT2D eigenvalue weighted by Gasteiger charge is 2.23. The zero-order chi connectivity index (χ0) is 19.4. The topological polar surface area (TPSA) is 98.8 Å². The van der Waals surface area contributed by atoms with E-state index in [9.17, 15) is 18.0 Å². The summed E-state index contributed by atoms with van der Waals surface area (Å²) in [7, 11) is -3.34. The van der Waals surface area contributed by atoms with Crippen molar-refractivity contribution in [2.45, 2.75) is 17.4 Å². The molecule has 1 N–H and O–H groups in total. The Labute approximate surface area is 157 Å². The molecule has 1 aliphatic heterocycles. The fraction of sp³-hybridized carbons (Fsp3) is 0.263. The summed E-state index contributed by atoms with van der Waals surface area (Å²) in [5, 5.41) is 2.84. The minimum atomic E-state index is -3.34. The van der Waals surface area contributed by atoms with Crippen molar-refractivity contribution < 1.29 is 27.5 Å². The number of hydrogen-bond donors (Lipinski definition) is 1. The van der Waals surface area contributed by atoms with Crippen LogP contribution in [0.3, 0.4) is 0 Å². The molecule has 1 heterocycles. The monoisotopic (exact) mass is 389 g/mol. The number of para-hydroxylation sites is 1. The summed E-state index contributed by atoms with van der Waals surface area (Å²) in [6.45, 7) is 0.0701. The molecular weight excluding hydrogens is 370 g/mol. The first-order chi connectivity index (χ1) is 12.8. The van der Waals surface area contributed by atoms with E-state index in [0.29, 0.717) is 13.0 Å². The smallest absolute Gasteiger partial charge is 0.338 e. The van der Waals surface area contributed by atoms with Gasteiger partial charge in [0, 0.05) is 18.2 Å². The molecular formula is C19H19NO6S. The van der Waals surface area contributed by atoms with E-state index in [1.165, 1.54) is 24.3 Å². The first-order valence-corrected chi connectivity index (χ1v) is 10.2. The van der Waals surface area contributed by atoms with Crippen LogP contribution in [-0.2, 0) is 19.4 Å². The molecule has 0 saturated carbocycles. The van der Waals surface area contributed by atoms with Gasteiger partial charge in [-0.15, -0.1) is 0 Å². The maximum atomic E-state index is 12.1. The van der Waals surface area contributed by atoms with Crippen LogP contribution in [-0.4, -0.2) is 39.8 Å². The van der Waals surface area contributed by atoms with Gasteiger partial charge in [0.05, 0.1) is 23.1 Å². The number of esters is 1. The van der Waals surface area contributed by atoms with Crippen LogP contribution in [0.25, 0.3) is 0 Å². The van der Waals surface area contributed by atoms with Crippen LogP contribution in [0, 0.1) is 0 Å². The van der Waals surface area contributed by atoms with Gasteiger partial charge in [-0.25, -0.2) is 13.2 Å². The van der Waals surface area contributed by atoms with Gasteiger partial charge in [-0.05, 0) is 30.3 Å². The quantitative estimate of drug-likeness (QED) is 0.784. The summed E-state index contributed by atoms with van der Waals surface area (Å²) >= 11 is 0. The lowest BCUT2D eigenvalue weighted by Crippen LogP contribution is -2.35. The lowest BCUT2D eigenvalue weighted by Gasteiger charge is -2.26. The fourth-order valence-electron chi connectivity index (χ4n) is 2.78. The molecule has 0 saturated heterocycles. The van der Waals surface area contributed by atoms with Crippen LogP contribution in [0.1, 0.15) is 28.4 Å². The van der Waals surface area contributed by atoms with E-state index in [4.69, 9.17) is 9.47 Å². The number of hydrogen-bond acceptors (Lipinski definition) is 6. The second kappa shape index (κ2) is 7.79. The molecule has 1 atom stereocenters. The number of benzene rings is 2. The van der Waals surface area contributed by atoms with Crippen molar-refractivity contribution in [3.8, 4) is 5.75 Å². The third-order valence-corrected chi connectivity index (χ3v) is 5.27. The van der Waals surface area contributed by atoms with Crippen LogP contribution < -0.4 is 10.1 Å². The Morgan fingerprint density at radius 2 is 1.85 bits per heavy atom.